The van der Waals surface area contributed by atoms with E-state index in [2.05, 4.69) is 197 Å². The molecule has 0 N–H and O–H groups in total. The van der Waals surface area contributed by atoms with Gasteiger partial charge in [-0.3, -0.25) is 0 Å². The van der Waals surface area contributed by atoms with Crippen molar-refractivity contribution in [1.82, 2.24) is 0 Å². The Balaban J connectivity index is 0.000000257. The summed E-state index contributed by atoms with van der Waals surface area (Å²) in [7, 11) is 0. The van der Waals surface area contributed by atoms with Gasteiger partial charge in [-0.2, -0.15) is 0 Å². The quantitative estimate of drug-likeness (QED) is 0.155. The van der Waals surface area contributed by atoms with E-state index in [1.165, 1.54) is 59.9 Å². The molecule has 6 rings (SSSR count). The molecule has 0 aliphatic heterocycles. The zero-order chi connectivity index (χ0) is 37.7. The number of hydrogen-bond acceptors (Lipinski definition) is 0. The van der Waals surface area contributed by atoms with E-state index in [-0.39, 0.29) is 0 Å². The van der Waals surface area contributed by atoms with Crippen LogP contribution in [-0.2, 0) is 0 Å². The molecule has 0 amide bonds. The fraction of sp³-hybridized carbons (Fsp3) is 0.346. The molecule has 0 saturated carbocycles. The largest absolute Gasteiger partial charge is 0.0845 e. The van der Waals surface area contributed by atoms with Gasteiger partial charge in [0.25, 0.3) is 0 Å². The Bertz CT molecular complexity index is 1520. The summed E-state index contributed by atoms with van der Waals surface area (Å²) in [5.74, 6) is 2.45. The Labute approximate surface area is 319 Å². The molecule has 4 aromatic carbocycles. The Morgan fingerprint density at radius 2 is 1.02 bits per heavy atom. The molecule has 0 heterocycles. The molecular weight excluding hydrogens is 625 g/mol. The molecule has 0 heteroatoms. The molecule has 2 aliphatic rings. The first-order valence-electron chi connectivity index (χ1n) is 20.3. The third kappa shape index (κ3) is 15.4. The van der Waals surface area contributed by atoms with E-state index >= 15 is 0 Å². The van der Waals surface area contributed by atoms with Crippen LogP contribution in [0.2, 0.25) is 0 Å². The second kappa shape index (κ2) is 28.2. The van der Waals surface area contributed by atoms with Crippen molar-refractivity contribution in [2.75, 3.05) is 0 Å². The van der Waals surface area contributed by atoms with Crippen molar-refractivity contribution in [2.24, 2.45) is 5.92 Å². The van der Waals surface area contributed by atoms with Crippen molar-refractivity contribution >= 4 is 0 Å². The van der Waals surface area contributed by atoms with E-state index in [9.17, 15) is 0 Å². The minimum atomic E-state index is 0.528. The molecule has 0 nitrogen and oxygen atoms in total. The summed E-state index contributed by atoms with van der Waals surface area (Å²) < 4.78 is 0. The smallest absolute Gasteiger partial charge is 0.00892 e. The molecule has 3 unspecified atom stereocenters. The van der Waals surface area contributed by atoms with Crippen LogP contribution in [0.4, 0.5) is 0 Å². The Kier molecular flexibility index (Phi) is 23.7. The standard InChI is InChI=1S/C16H18.C16H20.C16H18.2C2H6/c1-2-9-16(14-10-5-3-6-11-14)15-12-7-4-8-13-15;2*1-2-16(15-12-8-5-9-13-15)14-10-6-3-4-7-11-14;2*1-2/h3-8,10-13,16H,2,9H2,1H3;3-6,8-10,12-14,16H,2,7,11H2,1H3;3,5-13,16H,2,4H2,1H3;2*1-2H3. The van der Waals surface area contributed by atoms with Gasteiger partial charge in [-0.25, -0.2) is 0 Å². The second-order valence-electron chi connectivity index (χ2n) is 12.7. The summed E-state index contributed by atoms with van der Waals surface area (Å²) in [6.07, 6.45) is 28.5. The lowest BCUT2D eigenvalue weighted by atomic mass is 9.81. The van der Waals surface area contributed by atoms with Crippen LogP contribution in [0, 0.1) is 5.92 Å². The minimum absolute atomic E-state index is 0.528. The molecule has 0 spiro atoms. The van der Waals surface area contributed by atoms with Crippen LogP contribution in [0.1, 0.15) is 133 Å². The van der Waals surface area contributed by atoms with Gasteiger partial charge < -0.3 is 0 Å². The fourth-order valence-electron chi connectivity index (χ4n) is 6.95. The van der Waals surface area contributed by atoms with Crippen molar-refractivity contribution in [3.05, 3.63) is 204 Å². The van der Waals surface area contributed by atoms with E-state index < -0.39 is 0 Å². The van der Waals surface area contributed by atoms with Crippen molar-refractivity contribution in [1.29, 1.82) is 0 Å². The van der Waals surface area contributed by atoms with Crippen LogP contribution in [0.5, 0.6) is 0 Å². The van der Waals surface area contributed by atoms with Gasteiger partial charge in [0, 0.05) is 11.8 Å². The SMILES string of the molecule is CC.CC.CCC(C1=CC=CCC=C1)c1ccccc1.CCC(c1ccccc1)C1C=CC=CCC1.CCCC(c1ccccc1)c1ccccc1. The molecule has 4 aromatic rings. The summed E-state index contributed by atoms with van der Waals surface area (Å²) in [6, 6.07) is 43.3. The molecule has 0 bridgehead atoms. The highest BCUT2D eigenvalue weighted by Crippen LogP contribution is 2.33. The van der Waals surface area contributed by atoms with Gasteiger partial charge in [-0.1, -0.05) is 231 Å². The maximum absolute atomic E-state index is 2.38. The van der Waals surface area contributed by atoms with E-state index in [4.69, 9.17) is 0 Å². The molecule has 0 fully saturated rings. The molecule has 0 radical (unpaired) electrons. The second-order valence-corrected chi connectivity index (χ2v) is 12.7. The maximum atomic E-state index is 2.38. The number of allylic oxidation sites excluding steroid dienone is 10. The molecule has 0 aromatic heterocycles. The Hall–Kier alpha value is -4.42. The summed E-state index contributed by atoms with van der Waals surface area (Å²) in [5, 5.41) is 0. The van der Waals surface area contributed by atoms with Gasteiger partial charge in [0.05, 0.1) is 0 Å². The van der Waals surface area contributed by atoms with Gasteiger partial charge >= 0.3 is 0 Å². The fourth-order valence-corrected chi connectivity index (χ4v) is 6.95. The molecule has 2 aliphatic carbocycles. The zero-order valence-electron chi connectivity index (χ0n) is 33.5. The average molecular weight is 693 g/mol. The van der Waals surface area contributed by atoms with Crippen LogP contribution in [0.25, 0.3) is 0 Å². The monoisotopic (exact) mass is 693 g/mol. The van der Waals surface area contributed by atoms with Crippen LogP contribution < -0.4 is 0 Å². The third-order valence-electron chi connectivity index (χ3n) is 9.46. The van der Waals surface area contributed by atoms with E-state index in [0.29, 0.717) is 23.7 Å². The zero-order valence-corrected chi connectivity index (χ0v) is 33.5. The van der Waals surface area contributed by atoms with Crippen molar-refractivity contribution in [3.8, 4) is 0 Å². The highest BCUT2D eigenvalue weighted by molar-refractivity contribution is 5.38. The van der Waals surface area contributed by atoms with Crippen LogP contribution >= 0.6 is 0 Å². The van der Waals surface area contributed by atoms with E-state index in [0.717, 1.165) is 12.8 Å². The number of hydrogen-bond donors (Lipinski definition) is 0. The van der Waals surface area contributed by atoms with Gasteiger partial charge in [0.2, 0.25) is 0 Å². The lowest BCUT2D eigenvalue weighted by molar-refractivity contribution is 0.467. The van der Waals surface area contributed by atoms with Crippen molar-refractivity contribution in [3.63, 3.8) is 0 Å². The van der Waals surface area contributed by atoms with Gasteiger partial charge in [-0.05, 0) is 78.2 Å². The van der Waals surface area contributed by atoms with Crippen LogP contribution in [-0.4, -0.2) is 0 Å². The van der Waals surface area contributed by atoms with E-state index in [1.807, 2.05) is 27.7 Å². The van der Waals surface area contributed by atoms with E-state index in [1.54, 1.807) is 0 Å². The summed E-state index contributed by atoms with van der Waals surface area (Å²) in [6.45, 7) is 14.8. The third-order valence-corrected chi connectivity index (χ3v) is 9.46. The van der Waals surface area contributed by atoms with Crippen LogP contribution in [0.15, 0.2) is 182 Å². The first kappa shape index (κ1) is 43.7. The molecule has 0 saturated heterocycles. The van der Waals surface area contributed by atoms with Gasteiger partial charge in [0.1, 0.15) is 0 Å². The van der Waals surface area contributed by atoms with Crippen molar-refractivity contribution < 1.29 is 0 Å². The number of benzene rings is 4. The van der Waals surface area contributed by atoms with Crippen LogP contribution in [0.3, 0.4) is 0 Å². The highest BCUT2D eigenvalue weighted by Gasteiger charge is 2.19. The first-order chi connectivity index (χ1) is 25.7. The molecule has 52 heavy (non-hydrogen) atoms. The predicted octanol–water partition coefficient (Wildman–Crippen LogP) is 16.0. The predicted molar refractivity (Wildman–Crippen MR) is 233 cm³/mol. The maximum Gasteiger partial charge on any atom is 0.00892 e. The summed E-state index contributed by atoms with van der Waals surface area (Å²) in [4.78, 5) is 0. The average Bonchev–Trinajstić information content (AvgIpc) is 3.68. The van der Waals surface area contributed by atoms with Gasteiger partial charge in [0.15, 0.2) is 0 Å². The minimum Gasteiger partial charge on any atom is -0.0845 e. The first-order valence-corrected chi connectivity index (χ1v) is 20.3. The normalized spacial score (nSPS) is 15.3. The summed E-state index contributed by atoms with van der Waals surface area (Å²) in [5.41, 5.74) is 7.17. The lowest BCUT2D eigenvalue weighted by Crippen LogP contribution is -2.09. The molecule has 276 valence electrons. The highest BCUT2D eigenvalue weighted by atomic mass is 14.2. The Morgan fingerprint density at radius 1 is 0.519 bits per heavy atom. The topological polar surface area (TPSA) is 0 Å². The molecular formula is C52H68. The Morgan fingerprint density at radius 3 is 1.50 bits per heavy atom. The molecule has 3 atom stereocenters. The number of rotatable bonds is 10. The van der Waals surface area contributed by atoms with Gasteiger partial charge in [-0.15, -0.1) is 0 Å². The summed E-state index contributed by atoms with van der Waals surface area (Å²) >= 11 is 0. The lowest BCUT2D eigenvalue weighted by Gasteiger charge is -2.23. The van der Waals surface area contributed by atoms with Crippen molar-refractivity contribution in [2.45, 2.75) is 111 Å².